The third kappa shape index (κ3) is 5.95. The van der Waals surface area contributed by atoms with Crippen LogP contribution in [0.5, 0.6) is 0 Å². The predicted octanol–water partition coefficient (Wildman–Crippen LogP) is 4.82. The van der Waals surface area contributed by atoms with E-state index in [2.05, 4.69) is 5.32 Å². The minimum absolute atomic E-state index is 0.0237. The molecule has 0 aliphatic heterocycles. The molecule has 0 bridgehead atoms. The molecule has 2 aromatic carbocycles. The maximum atomic E-state index is 12.9. The first kappa shape index (κ1) is 23.8. The molecule has 8 heteroatoms. The summed E-state index contributed by atoms with van der Waals surface area (Å²) in [5, 5.41) is 13.4. The van der Waals surface area contributed by atoms with Crippen molar-refractivity contribution in [2.75, 3.05) is 13.2 Å². The molecule has 33 heavy (non-hydrogen) atoms. The molecule has 1 saturated carbocycles. The van der Waals surface area contributed by atoms with Crippen LogP contribution >= 0.6 is 23.2 Å². The number of aromatic nitrogens is 2. The average Bonchev–Trinajstić information content (AvgIpc) is 3.22. The molecular weight excluding hydrogens is 461 g/mol. The second kappa shape index (κ2) is 11.2. The number of ether oxygens (including phenoxy) is 1. The van der Waals surface area contributed by atoms with Gasteiger partial charge in [-0.2, -0.15) is 0 Å². The minimum atomic E-state index is -0.106. The van der Waals surface area contributed by atoms with Gasteiger partial charge in [0.2, 0.25) is 5.91 Å². The van der Waals surface area contributed by atoms with E-state index in [0.717, 1.165) is 36.9 Å². The van der Waals surface area contributed by atoms with Crippen molar-refractivity contribution in [1.29, 1.82) is 0 Å². The van der Waals surface area contributed by atoms with Crippen molar-refractivity contribution in [3.8, 4) is 17.1 Å². The van der Waals surface area contributed by atoms with Gasteiger partial charge >= 0.3 is 0 Å². The van der Waals surface area contributed by atoms with Crippen LogP contribution in [0, 0.1) is 0 Å². The molecule has 2 atom stereocenters. The van der Waals surface area contributed by atoms with Crippen LogP contribution in [0.15, 0.2) is 54.7 Å². The Morgan fingerprint density at radius 2 is 1.88 bits per heavy atom. The van der Waals surface area contributed by atoms with Gasteiger partial charge in [0.25, 0.3) is 0 Å². The Morgan fingerprint density at radius 1 is 1.12 bits per heavy atom. The highest BCUT2D eigenvalue weighted by molar-refractivity contribution is 6.33. The van der Waals surface area contributed by atoms with Crippen molar-refractivity contribution in [3.63, 3.8) is 0 Å². The Morgan fingerprint density at radius 3 is 2.64 bits per heavy atom. The number of benzene rings is 2. The van der Waals surface area contributed by atoms with E-state index in [1.807, 2.05) is 59.3 Å². The number of amides is 1. The second-order valence-electron chi connectivity index (χ2n) is 8.15. The Balaban J connectivity index is 1.56. The fraction of sp³-hybridized carbons (Fsp3) is 0.360. The Bertz CT molecular complexity index is 1080. The largest absolute Gasteiger partial charge is 0.394 e. The van der Waals surface area contributed by atoms with E-state index < -0.39 is 0 Å². The number of aliphatic hydroxyl groups is 1. The number of carbonyl (C=O) groups excluding carboxylic acids is 1. The maximum absolute atomic E-state index is 12.9. The second-order valence-corrected chi connectivity index (χ2v) is 8.99. The lowest BCUT2D eigenvalue weighted by Gasteiger charge is -2.32. The summed E-state index contributed by atoms with van der Waals surface area (Å²) in [4.78, 5) is 17.7. The zero-order valence-corrected chi connectivity index (χ0v) is 19.7. The number of nitrogens with zero attached hydrogens (tertiary/aromatic N) is 2. The SMILES string of the molecule is O=C(Cc1cn(-c2ccc(Cl)cc2)c(-c2ccccc2Cl)n1)N[C@@H]1CCCC[C@@H]1OCCO. The van der Waals surface area contributed by atoms with E-state index >= 15 is 0 Å². The highest BCUT2D eigenvalue weighted by Gasteiger charge is 2.27. The third-order valence-electron chi connectivity index (χ3n) is 5.79. The number of aliphatic hydroxyl groups excluding tert-OH is 1. The van der Waals surface area contributed by atoms with Crippen LogP contribution in [-0.2, 0) is 16.0 Å². The molecule has 3 aromatic rings. The highest BCUT2D eigenvalue weighted by Crippen LogP contribution is 2.30. The van der Waals surface area contributed by atoms with Crippen LogP contribution in [0.2, 0.25) is 10.0 Å². The lowest BCUT2D eigenvalue weighted by molar-refractivity contribution is -0.123. The number of carbonyl (C=O) groups is 1. The molecule has 4 rings (SSSR count). The van der Waals surface area contributed by atoms with E-state index in [9.17, 15) is 4.79 Å². The summed E-state index contributed by atoms with van der Waals surface area (Å²) in [6.07, 6.45) is 5.79. The molecule has 0 unspecified atom stereocenters. The normalized spacial score (nSPS) is 18.3. The van der Waals surface area contributed by atoms with Gasteiger partial charge in [-0.25, -0.2) is 4.98 Å². The summed E-state index contributed by atoms with van der Waals surface area (Å²) >= 11 is 12.5. The van der Waals surface area contributed by atoms with Gasteiger partial charge in [0.05, 0.1) is 42.5 Å². The van der Waals surface area contributed by atoms with Crippen molar-refractivity contribution in [2.24, 2.45) is 0 Å². The first-order valence-corrected chi connectivity index (χ1v) is 11.9. The lowest BCUT2D eigenvalue weighted by Crippen LogP contribution is -2.47. The Hall–Kier alpha value is -2.38. The van der Waals surface area contributed by atoms with Crippen LogP contribution in [0.1, 0.15) is 31.4 Å². The number of hydrogen-bond donors (Lipinski definition) is 2. The Labute approximate surface area is 203 Å². The molecule has 0 radical (unpaired) electrons. The number of imidazole rings is 1. The van der Waals surface area contributed by atoms with Gasteiger partial charge in [0, 0.05) is 22.5 Å². The molecule has 1 aliphatic rings. The van der Waals surface area contributed by atoms with Gasteiger partial charge in [-0.05, 0) is 49.2 Å². The van der Waals surface area contributed by atoms with Crippen LogP contribution in [0.4, 0.5) is 0 Å². The van der Waals surface area contributed by atoms with Crippen molar-refractivity contribution < 1.29 is 14.6 Å². The maximum Gasteiger partial charge on any atom is 0.226 e. The summed E-state index contributed by atoms with van der Waals surface area (Å²) in [6, 6.07) is 14.9. The minimum Gasteiger partial charge on any atom is -0.394 e. The van der Waals surface area contributed by atoms with Gasteiger partial charge in [0.1, 0.15) is 5.82 Å². The van der Waals surface area contributed by atoms with Crippen LogP contribution in [0.3, 0.4) is 0 Å². The quantitative estimate of drug-likeness (QED) is 0.477. The molecule has 2 N–H and O–H groups in total. The molecule has 174 valence electrons. The third-order valence-corrected chi connectivity index (χ3v) is 6.37. The van der Waals surface area contributed by atoms with Crippen molar-refractivity contribution in [2.45, 2.75) is 44.2 Å². The van der Waals surface area contributed by atoms with E-state index in [1.54, 1.807) is 0 Å². The van der Waals surface area contributed by atoms with Crippen LogP contribution in [-0.4, -0.2) is 45.9 Å². The zero-order valence-electron chi connectivity index (χ0n) is 18.2. The summed E-state index contributed by atoms with van der Waals surface area (Å²) in [7, 11) is 0. The van der Waals surface area contributed by atoms with Gasteiger partial charge < -0.3 is 15.2 Å². The van der Waals surface area contributed by atoms with Gasteiger partial charge in [-0.15, -0.1) is 0 Å². The number of hydrogen-bond acceptors (Lipinski definition) is 4. The van der Waals surface area contributed by atoms with Crippen molar-refractivity contribution in [1.82, 2.24) is 14.9 Å². The Kier molecular flexibility index (Phi) is 8.04. The topological polar surface area (TPSA) is 76.4 Å². The van der Waals surface area contributed by atoms with E-state index in [0.29, 0.717) is 21.6 Å². The summed E-state index contributed by atoms with van der Waals surface area (Å²) in [6.45, 7) is 0.258. The molecule has 0 spiro atoms. The standard InChI is InChI=1S/C25H27Cl2N3O3/c26-17-9-11-19(12-10-17)30-16-18(28-25(30)20-5-1-2-6-21(20)27)15-24(32)29-22-7-3-4-8-23(22)33-14-13-31/h1-2,5-6,9-12,16,22-23,31H,3-4,7-8,13-15H2,(H,29,32)/t22-,23+/m1/s1. The number of nitrogens with one attached hydrogen (secondary N) is 1. The monoisotopic (exact) mass is 487 g/mol. The fourth-order valence-corrected chi connectivity index (χ4v) is 4.58. The van der Waals surface area contributed by atoms with Crippen LogP contribution in [0.25, 0.3) is 17.1 Å². The lowest BCUT2D eigenvalue weighted by atomic mass is 9.92. The summed E-state index contributed by atoms with van der Waals surface area (Å²) in [5.74, 6) is 0.554. The summed E-state index contributed by atoms with van der Waals surface area (Å²) in [5.41, 5.74) is 2.30. The molecule has 1 aromatic heterocycles. The van der Waals surface area contributed by atoms with E-state index in [1.165, 1.54) is 0 Å². The zero-order chi connectivity index (χ0) is 23.2. The molecule has 1 amide bonds. The molecule has 1 aliphatic carbocycles. The molecule has 6 nitrogen and oxygen atoms in total. The molecule has 1 fully saturated rings. The first-order chi connectivity index (χ1) is 16.0. The average molecular weight is 488 g/mol. The molecule has 1 heterocycles. The molecular formula is C25H27Cl2N3O3. The molecule has 0 saturated heterocycles. The van der Waals surface area contributed by atoms with Crippen molar-refractivity contribution >= 4 is 29.1 Å². The van der Waals surface area contributed by atoms with E-state index in [-0.39, 0.29) is 37.7 Å². The highest BCUT2D eigenvalue weighted by atomic mass is 35.5. The van der Waals surface area contributed by atoms with E-state index in [4.69, 9.17) is 38.0 Å². The number of halogens is 2. The summed E-state index contributed by atoms with van der Waals surface area (Å²) < 4.78 is 7.67. The van der Waals surface area contributed by atoms with Gasteiger partial charge in [-0.3, -0.25) is 9.36 Å². The smallest absolute Gasteiger partial charge is 0.226 e. The predicted molar refractivity (Wildman–Crippen MR) is 130 cm³/mol. The van der Waals surface area contributed by atoms with Gasteiger partial charge in [0.15, 0.2) is 0 Å². The van der Waals surface area contributed by atoms with Gasteiger partial charge in [-0.1, -0.05) is 48.2 Å². The van der Waals surface area contributed by atoms with Crippen LogP contribution < -0.4 is 5.32 Å². The van der Waals surface area contributed by atoms with Crippen molar-refractivity contribution in [3.05, 3.63) is 70.5 Å². The first-order valence-electron chi connectivity index (χ1n) is 11.2. The fourth-order valence-electron chi connectivity index (χ4n) is 4.23. The number of rotatable bonds is 8.